The molecule has 0 unspecified atom stereocenters. The van der Waals surface area contributed by atoms with Gasteiger partial charge in [-0.05, 0) is 67.3 Å². The number of aromatic hydroxyl groups is 1. The van der Waals surface area contributed by atoms with E-state index in [2.05, 4.69) is 0 Å². The molecule has 0 saturated carbocycles. The number of benzene rings is 1. The monoisotopic (exact) mass is 425 g/mol. The Bertz CT molecular complexity index is 940. The maximum Gasteiger partial charge on any atom is 0.455 e. The number of carbonyl (C=O) groups is 2. The van der Waals surface area contributed by atoms with Crippen LogP contribution in [0.4, 0.5) is 0 Å². The second-order valence-electron chi connectivity index (χ2n) is 8.83. The molecule has 2 fully saturated rings. The van der Waals surface area contributed by atoms with Crippen molar-refractivity contribution in [2.75, 3.05) is 13.7 Å². The van der Waals surface area contributed by atoms with Crippen molar-refractivity contribution in [2.45, 2.75) is 38.6 Å². The first-order chi connectivity index (χ1) is 14.8. The molecule has 1 aliphatic carbocycles. The second kappa shape index (κ2) is 8.61. The lowest BCUT2D eigenvalue weighted by Crippen LogP contribution is -2.46. The SMILES string of the molecule is C/C(=C\c1ccc(O)cc1)CC[C@H]1OB(O)C[C@H]2C1=C(CO)C[C@H]1C(=O)N(C)C(=O)[C@H]12. The molecule has 2 amide bonds. The van der Waals surface area contributed by atoms with Crippen LogP contribution >= 0.6 is 0 Å². The van der Waals surface area contributed by atoms with Crippen LogP contribution in [-0.2, 0) is 14.2 Å². The van der Waals surface area contributed by atoms with Gasteiger partial charge in [-0.1, -0.05) is 23.8 Å². The first-order valence-electron chi connectivity index (χ1n) is 10.7. The minimum atomic E-state index is -1.01. The Morgan fingerprint density at radius 2 is 1.94 bits per heavy atom. The Kier molecular flexibility index (Phi) is 6.06. The maximum atomic E-state index is 12.8. The lowest BCUT2D eigenvalue weighted by molar-refractivity contribution is -0.138. The fourth-order valence-electron chi connectivity index (χ4n) is 5.35. The van der Waals surface area contributed by atoms with Crippen LogP contribution in [-0.4, -0.2) is 58.8 Å². The Morgan fingerprint density at radius 3 is 2.61 bits per heavy atom. The largest absolute Gasteiger partial charge is 0.508 e. The van der Waals surface area contributed by atoms with Gasteiger partial charge in [0.2, 0.25) is 11.8 Å². The number of aliphatic hydroxyl groups is 1. The summed E-state index contributed by atoms with van der Waals surface area (Å²) >= 11 is 0. The number of aliphatic hydroxyl groups excluding tert-OH is 1. The number of fused-ring (bicyclic) bond motifs is 3. The molecular weight excluding hydrogens is 397 g/mol. The summed E-state index contributed by atoms with van der Waals surface area (Å²) < 4.78 is 5.86. The van der Waals surface area contributed by atoms with E-state index in [0.717, 1.165) is 22.3 Å². The Morgan fingerprint density at radius 1 is 1.23 bits per heavy atom. The zero-order valence-corrected chi connectivity index (χ0v) is 17.8. The van der Waals surface area contributed by atoms with Gasteiger partial charge in [0.05, 0.1) is 24.5 Å². The molecule has 0 radical (unpaired) electrons. The van der Waals surface area contributed by atoms with Gasteiger partial charge in [-0.15, -0.1) is 0 Å². The van der Waals surface area contributed by atoms with Crippen LogP contribution in [0.1, 0.15) is 31.7 Å². The third kappa shape index (κ3) is 4.07. The lowest BCUT2D eigenvalue weighted by atomic mass is 9.58. The Hall–Kier alpha value is -2.42. The van der Waals surface area contributed by atoms with Gasteiger partial charge in [-0.25, -0.2) is 0 Å². The number of imide groups is 1. The summed E-state index contributed by atoms with van der Waals surface area (Å²) in [5, 5.41) is 29.8. The van der Waals surface area contributed by atoms with Crippen molar-refractivity contribution < 1.29 is 29.5 Å². The average molecular weight is 425 g/mol. The minimum absolute atomic E-state index is 0.182. The standard InChI is InChI=1S/C23H28BNO6/c1-13(9-14-4-6-16(27)7-5-14)3-8-19-20-15(12-26)10-17-21(18(20)11-24(30)31-19)23(29)25(2)22(17)28/h4-7,9,17-19,21,26-27,30H,3,8,10-12H2,1-2H3/b13-9+/t17-,18+,19-,21-/m1/s1. The van der Waals surface area contributed by atoms with Crippen molar-refractivity contribution in [1.82, 2.24) is 4.90 Å². The fraction of sp³-hybridized carbons (Fsp3) is 0.478. The summed E-state index contributed by atoms with van der Waals surface area (Å²) in [6.45, 7) is 1.83. The molecule has 2 heterocycles. The zero-order chi connectivity index (χ0) is 22.3. The smallest absolute Gasteiger partial charge is 0.455 e. The second-order valence-corrected chi connectivity index (χ2v) is 8.83. The predicted molar refractivity (Wildman–Crippen MR) is 116 cm³/mol. The predicted octanol–water partition coefficient (Wildman–Crippen LogP) is 1.99. The molecular formula is C23H28BNO6. The first kappa shape index (κ1) is 21.8. The molecule has 0 bridgehead atoms. The van der Waals surface area contributed by atoms with Gasteiger partial charge in [0, 0.05) is 7.05 Å². The molecule has 7 nitrogen and oxygen atoms in total. The number of nitrogens with zero attached hydrogens (tertiary/aromatic N) is 1. The van der Waals surface area contributed by atoms with Gasteiger partial charge in [-0.2, -0.15) is 0 Å². The molecule has 31 heavy (non-hydrogen) atoms. The van der Waals surface area contributed by atoms with Crippen LogP contribution in [0.15, 0.2) is 41.0 Å². The molecule has 1 aromatic carbocycles. The number of hydrogen-bond donors (Lipinski definition) is 3. The van der Waals surface area contributed by atoms with E-state index in [0.29, 0.717) is 19.3 Å². The van der Waals surface area contributed by atoms with Gasteiger partial charge in [0.25, 0.3) is 0 Å². The quantitative estimate of drug-likeness (QED) is 0.379. The highest BCUT2D eigenvalue weighted by atomic mass is 16.5. The van der Waals surface area contributed by atoms with Gasteiger partial charge in [0.1, 0.15) is 5.75 Å². The zero-order valence-electron chi connectivity index (χ0n) is 17.8. The van der Waals surface area contributed by atoms with Crippen LogP contribution in [0.25, 0.3) is 6.08 Å². The topological polar surface area (TPSA) is 107 Å². The highest BCUT2D eigenvalue weighted by molar-refractivity contribution is 6.43. The number of rotatable bonds is 5. The van der Waals surface area contributed by atoms with E-state index >= 15 is 0 Å². The van der Waals surface area contributed by atoms with Crippen molar-refractivity contribution >= 4 is 25.0 Å². The summed E-state index contributed by atoms with van der Waals surface area (Å²) in [6, 6.07) is 6.95. The van der Waals surface area contributed by atoms with E-state index in [-0.39, 0.29) is 36.4 Å². The molecule has 3 aliphatic rings. The summed E-state index contributed by atoms with van der Waals surface area (Å²) in [4.78, 5) is 26.5. The van der Waals surface area contributed by atoms with E-state index in [1.54, 1.807) is 12.1 Å². The summed E-state index contributed by atoms with van der Waals surface area (Å²) in [7, 11) is 0.499. The van der Waals surface area contributed by atoms with Gasteiger partial charge in [-0.3, -0.25) is 14.5 Å². The van der Waals surface area contributed by atoms with Crippen molar-refractivity contribution in [3.63, 3.8) is 0 Å². The number of phenols is 1. The van der Waals surface area contributed by atoms with Crippen molar-refractivity contribution in [2.24, 2.45) is 17.8 Å². The molecule has 0 spiro atoms. The summed E-state index contributed by atoms with van der Waals surface area (Å²) in [6.07, 6.45) is 3.54. The van der Waals surface area contributed by atoms with Crippen LogP contribution in [0, 0.1) is 17.8 Å². The third-order valence-corrected chi connectivity index (χ3v) is 6.83. The molecule has 3 N–H and O–H groups in total. The van der Waals surface area contributed by atoms with E-state index in [1.807, 2.05) is 25.1 Å². The number of allylic oxidation sites excluding steroid dienone is 1. The van der Waals surface area contributed by atoms with Crippen molar-refractivity contribution in [3.05, 3.63) is 46.5 Å². The molecule has 4 rings (SSSR count). The molecule has 2 saturated heterocycles. The maximum absolute atomic E-state index is 12.8. The number of carbonyl (C=O) groups excluding carboxylic acids is 2. The van der Waals surface area contributed by atoms with E-state index in [4.69, 9.17) is 4.65 Å². The third-order valence-electron chi connectivity index (χ3n) is 6.83. The highest BCUT2D eigenvalue weighted by Crippen LogP contribution is 2.50. The van der Waals surface area contributed by atoms with Gasteiger partial charge < -0.3 is 19.9 Å². The molecule has 0 aromatic heterocycles. The Balaban J connectivity index is 1.57. The van der Waals surface area contributed by atoms with E-state index in [9.17, 15) is 24.8 Å². The number of phenolic OH excluding ortho intramolecular Hbond substituents is 1. The van der Waals surface area contributed by atoms with E-state index < -0.39 is 25.1 Å². The van der Waals surface area contributed by atoms with Crippen molar-refractivity contribution in [3.8, 4) is 5.75 Å². The fourth-order valence-corrected chi connectivity index (χ4v) is 5.35. The normalized spacial score (nSPS) is 28.8. The molecule has 1 aromatic rings. The Labute approximate surface area is 182 Å². The van der Waals surface area contributed by atoms with E-state index in [1.165, 1.54) is 11.9 Å². The number of likely N-dealkylation sites (tertiary alicyclic amines) is 1. The summed E-state index contributed by atoms with van der Waals surface area (Å²) in [5.41, 5.74) is 3.74. The van der Waals surface area contributed by atoms with Crippen LogP contribution in [0.2, 0.25) is 6.32 Å². The molecule has 164 valence electrons. The minimum Gasteiger partial charge on any atom is -0.508 e. The molecule has 8 heteroatoms. The van der Waals surface area contributed by atoms with Crippen LogP contribution < -0.4 is 0 Å². The molecule has 4 atom stereocenters. The average Bonchev–Trinajstić information content (AvgIpc) is 2.97. The van der Waals surface area contributed by atoms with Crippen molar-refractivity contribution in [1.29, 1.82) is 0 Å². The lowest BCUT2D eigenvalue weighted by Gasteiger charge is -2.42. The molecule has 2 aliphatic heterocycles. The number of amides is 2. The van der Waals surface area contributed by atoms with Crippen LogP contribution in [0.3, 0.4) is 0 Å². The van der Waals surface area contributed by atoms with Crippen LogP contribution in [0.5, 0.6) is 5.75 Å². The highest BCUT2D eigenvalue weighted by Gasteiger charge is 2.56. The number of hydrogen-bond acceptors (Lipinski definition) is 6. The van der Waals surface area contributed by atoms with Gasteiger partial charge >= 0.3 is 7.12 Å². The first-order valence-corrected chi connectivity index (χ1v) is 10.7. The van der Waals surface area contributed by atoms with Gasteiger partial charge in [0.15, 0.2) is 0 Å². The summed E-state index contributed by atoms with van der Waals surface area (Å²) in [5.74, 6) is -1.43.